The van der Waals surface area contributed by atoms with E-state index in [4.69, 9.17) is 4.74 Å². The Morgan fingerprint density at radius 3 is 2.07 bits per heavy atom. The van der Waals surface area contributed by atoms with Gasteiger partial charge in [-0.25, -0.2) is 4.79 Å². The Labute approximate surface area is 262 Å². The Bertz CT molecular complexity index is 1180. The van der Waals surface area contributed by atoms with Crippen LogP contribution in [-0.2, 0) is 28.8 Å². The summed E-state index contributed by atoms with van der Waals surface area (Å²) in [4.78, 5) is 11.9. The minimum atomic E-state index is -0.395. The third-order valence-electron chi connectivity index (χ3n) is 10.8. The normalized spacial score (nSPS) is 23.1. The van der Waals surface area contributed by atoms with E-state index in [1.165, 1.54) is 88.2 Å². The predicted octanol–water partition coefficient (Wildman–Crippen LogP) is 9.99. The van der Waals surface area contributed by atoms with E-state index < -0.39 is 5.97 Å². The van der Waals surface area contributed by atoms with E-state index in [1.54, 1.807) is 23.6 Å². The Morgan fingerprint density at radius 1 is 0.837 bits per heavy atom. The second-order valence-corrected chi connectivity index (χ2v) is 13.6. The Kier molecular flexibility index (Phi) is 12.9. The van der Waals surface area contributed by atoms with E-state index in [2.05, 4.69) is 63.7 Å². The van der Waals surface area contributed by atoms with Crippen molar-refractivity contribution in [3.05, 3.63) is 81.9 Å². The lowest BCUT2D eigenvalue weighted by molar-refractivity contribution is -0.139. The molecule has 1 unspecified atom stereocenters. The molecule has 0 amide bonds. The van der Waals surface area contributed by atoms with Crippen LogP contribution in [0.4, 0.5) is 0 Å². The summed E-state index contributed by atoms with van der Waals surface area (Å²) >= 11 is 0. The van der Waals surface area contributed by atoms with Crippen LogP contribution in [-0.4, -0.2) is 24.3 Å². The molecule has 2 aromatic carbocycles. The number of benzene rings is 2. The Morgan fingerprint density at radius 2 is 1.49 bits per heavy atom. The molecule has 2 aromatic rings. The lowest BCUT2D eigenvalue weighted by Crippen LogP contribution is -2.25. The molecule has 0 heterocycles. The zero-order valence-electron chi connectivity index (χ0n) is 27.6. The number of aryl methyl sites for hydroxylation is 3. The zero-order valence-corrected chi connectivity index (χ0v) is 27.6. The molecule has 3 nitrogen and oxygen atoms in total. The van der Waals surface area contributed by atoms with E-state index in [1.807, 2.05) is 0 Å². The molecule has 2 aliphatic carbocycles. The van der Waals surface area contributed by atoms with Gasteiger partial charge in [-0.15, -0.1) is 0 Å². The van der Waals surface area contributed by atoms with Crippen LogP contribution in [0.2, 0.25) is 0 Å². The highest BCUT2D eigenvalue weighted by atomic mass is 16.5. The molecule has 2 aliphatic rings. The van der Waals surface area contributed by atoms with Crippen molar-refractivity contribution in [2.75, 3.05) is 13.2 Å². The lowest BCUT2D eigenvalue weighted by Gasteiger charge is -2.38. The summed E-state index contributed by atoms with van der Waals surface area (Å²) in [6.45, 7) is 12.3. The molecule has 0 bridgehead atoms. The molecule has 2 saturated carbocycles. The molecule has 2 fully saturated rings. The summed E-state index contributed by atoms with van der Waals surface area (Å²) in [6, 6.07) is 14.2. The van der Waals surface area contributed by atoms with Crippen LogP contribution >= 0.6 is 0 Å². The quantitative estimate of drug-likeness (QED) is 0.136. The van der Waals surface area contributed by atoms with Crippen molar-refractivity contribution in [2.45, 2.75) is 135 Å². The SMILES string of the molecule is C=C(C)C(=O)OCC(CO)c1ccc(C2CCC(C3CCC(c4ccc(CCCCC)c(CC)c4)CC3)CC2)c(CC)c1. The molecule has 0 radical (unpaired) electrons. The highest BCUT2D eigenvalue weighted by Crippen LogP contribution is 2.46. The molecule has 0 aromatic heterocycles. The number of hydrogen-bond donors (Lipinski definition) is 1. The second-order valence-electron chi connectivity index (χ2n) is 13.6. The number of carbonyl (C=O) groups is 1. The number of aliphatic hydroxyl groups is 1. The molecule has 236 valence electrons. The number of unbranched alkanes of at least 4 members (excludes halogenated alkanes) is 2. The number of aliphatic hydroxyl groups excluding tert-OH is 1. The molecular formula is C40H58O3. The predicted molar refractivity (Wildman–Crippen MR) is 180 cm³/mol. The van der Waals surface area contributed by atoms with E-state index in [0.717, 1.165) is 36.2 Å². The smallest absolute Gasteiger partial charge is 0.333 e. The van der Waals surface area contributed by atoms with Gasteiger partial charge in [0.25, 0.3) is 0 Å². The van der Waals surface area contributed by atoms with Crippen molar-refractivity contribution in [3.63, 3.8) is 0 Å². The monoisotopic (exact) mass is 586 g/mol. The first-order valence-electron chi connectivity index (χ1n) is 17.6. The summed E-state index contributed by atoms with van der Waals surface area (Å²) in [5.74, 6) is 2.57. The first kappa shape index (κ1) is 33.5. The van der Waals surface area contributed by atoms with Crippen LogP contribution in [0.3, 0.4) is 0 Å². The van der Waals surface area contributed by atoms with Gasteiger partial charge in [0, 0.05) is 11.5 Å². The lowest BCUT2D eigenvalue weighted by atomic mass is 9.67. The highest BCUT2D eigenvalue weighted by molar-refractivity contribution is 5.86. The first-order valence-corrected chi connectivity index (χ1v) is 17.6. The van der Waals surface area contributed by atoms with Crippen LogP contribution in [0.1, 0.15) is 149 Å². The van der Waals surface area contributed by atoms with Crippen molar-refractivity contribution >= 4 is 5.97 Å². The van der Waals surface area contributed by atoms with Crippen LogP contribution < -0.4 is 0 Å². The highest BCUT2D eigenvalue weighted by Gasteiger charge is 2.32. The summed E-state index contributed by atoms with van der Waals surface area (Å²) in [7, 11) is 0. The van der Waals surface area contributed by atoms with Gasteiger partial charge in [0.2, 0.25) is 0 Å². The fourth-order valence-corrected chi connectivity index (χ4v) is 8.00. The largest absolute Gasteiger partial charge is 0.462 e. The molecule has 0 spiro atoms. The minimum absolute atomic E-state index is 0.0382. The fraction of sp³-hybridized carbons (Fsp3) is 0.625. The molecule has 4 rings (SSSR count). The van der Waals surface area contributed by atoms with E-state index >= 15 is 0 Å². The molecular weight excluding hydrogens is 528 g/mol. The summed E-state index contributed by atoms with van der Waals surface area (Å²) in [6.07, 6.45) is 18.1. The maximum Gasteiger partial charge on any atom is 0.333 e. The number of ether oxygens (including phenoxy) is 1. The van der Waals surface area contributed by atoms with Crippen LogP contribution in [0.15, 0.2) is 48.6 Å². The third kappa shape index (κ3) is 8.84. The fourth-order valence-electron chi connectivity index (χ4n) is 8.00. The number of rotatable bonds is 14. The van der Waals surface area contributed by atoms with Crippen molar-refractivity contribution < 1.29 is 14.6 Å². The first-order chi connectivity index (χ1) is 20.9. The Hall–Kier alpha value is -2.39. The molecule has 3 heteroatoms. The maximum atomic E-state index is 11.9. The van der Waals surface area contributed by atoms with Gasteiger partial charge < -0.3 is 9.84 Å². The topological polar surface area (TPSA) is 46.5 Å². The van der Waals surface area contributed by atoms with E-state index in [9.17, 15) is 9.90 Å². The van der Waals surface area contributed by atoms with Crippen molar-refractivity contribution in [2.24, 2.45) is 11.8 Å². The number of carbonyl (C=O) groups excluding carboxylic acids is 1. The average molecular weight is 587 g/mol. The van der Waals surface area contributed by atoms with Gasteiger partial charge in [0.1, 0.15) is 6.61 Å². The van der Waals surface area contributed by atoms with Crippen LogP contribution in [0.5, 0.6) is 0 Å². The van der Waals surface area contributed by atoms with Gasteiger partial charge in [-0.1, -0.05) is 76.6 Å². The maximum absolute atomic E-state index is 11.9. The molecule has 0 aliphatic heterocycles. The number of esters is 1. The van der Waals surface area contributed by atoms with Crippen LogP contribution in [0, 0.1) is 11.8 Å². The summed E-state index contributed by atoms with van der Waals surface area (Å²) < 4.78 is 5.36. The second kappa shape index (κ2) is 16.6. The Balaban J connectivity index is 1.29. The minimum Gasteiger partial charge on any atom is -0.462 e. The molecule has 1 N–H and O–H groups in total. The molecule has 43 heavy (non-hydrogen) atoms. The zero-order chi connectivity index (χ0) is 30.8. The summed E-state index contributed by atoms with van der Waals surface area (Å²) in [5.41, 5.74) is 9.10. The molecule has 0 saturated heterocycles. The van der Waals surface area contributed by atoms with Crippen molar-refractivity contribution in [1.82, 2.24) is 0 Å². The van der Waals surface area contributed by atoms with E-state index in [0.29, 0.717) is 11.5 Å². The van der Waals surface area contributed by atoms with Gasteiger partial charge in [0.05, 0.1) is 6.61 Å². The van der Waals surface area contributed by atoms with E-state index in [-0.39, 0.29) is 19.1 Å². The summed E-state index contributed by atoms with van der Waals surface area (Å²) in [5, 5.41) is 10.0. The standard InChI is InChI=1S/C40H58O3/c1-6-9-10-11-31-18-21-36(24-29(31)7-2)34-14-12-32(13-15-34)33-16-19-35(20-17-33)39-23-22-37(25-30(39)8-3)38(26-41)27-43-40(42)28(4)5/h18,21-25,32-35,38,41H,4,6-17,19-20,26-27H2,1-3,5H3. The van der Waals surface area contributed by atoms with Gasteiger partial charge in [-0.05, 0) is 141 Å². The van der Waals surface area contributed by atoms with Crippen LogP contribution in [0.25, 0.3) is 0 Å². The number of hydrogen-bond acceptors (Lipinski definition) is 3. The van der Waals surface area contributed by atoms with Gasteiger partial charge in [-0.3, -0.25) is 0 Å². The average Bonchev–Trinajstić information content (AvgIpc) is 3.05. The van der Waals surface area contributed by atoms with Gasteiger partial charge in [0.15, 0.2) is 0 Å². The van der Waals surface area contributed by atoms with Gasteiger partial charge in [-0.2, -0.15) is 0 Å². The molecule has 1 atom stereocenters. The third-order valence-corrected chi connectivity index (χ3v) is 10.8. The van der Waals surface area contributed by atoms with Crippen molar-refractivity contribution in [3.8, 4) is 0 Å². The van der Waals surface area contributed by atoms with Crippen molar-refractivity contribution in [1.29, 1.82) is 0 Å². The van der Waals surface area contributed by atoms with Gasteiger partial charge >= 0.3 is 5.97 Å².